The van der Waals surface area contributed by atoms with Crippen molar-refractivity contribution in [3.05, 3.63) is 71.1 Å². The molecule has 0 spiro atoms. The number of nitrogens with zero attached hydrogens (tertiary/aromatic N) is 4. The quantitative estimate of drug-likeness (QED) is 0.345. The normalized spacial score (nSPS) is 15.6. The van der Waals surface area contributed by atoms with Crippen molar-refractivity contribution in [1.82, 2.24) is 19.7 Å². The number of pyridine rings is 1. The molecule has 0 aliphatic carbocycles. The fourth-order valence-electron chi connectivity index (χ4n) is 3.26. The first-order chi connectivity index (χ1) is 14.2. The molecule has 1 aliphatic rings. The summed E-state index contributed by atoms with van der Waals surface area (Å²) in [5.74, 6) is 2.84. The topological polar surface area (TPSA) is 62.1 Å². The number of ether oxygens (including phenoxy) is 2. The predicted molar refractivity (Wildman–Crippen MR) is 113 cm³/mol. The van der Waals surface area contributed by atoms with E-state index in [1.807, 2.05) is 60.1 Å². The number of benzene rings is 2. The van der Waals surface area contributed by atoms with Gasteiger partial charge in [-0.25, -0.2) is 4.98 Å². The van der Waals surface area contributed by atoms with Crippen molar-refractivity contribution >= 4 is 34.3 Å². The third-order valence-corrected chi connectivity index (χ3v) is 6.17. The second-order valence-electron chi connectivity index (χ2n) is 6.68. The van der Waals surface area contributed by atoms with Crippen molar-refractivity contribution in [3.63, 3.8) is 0 Å². The summed E-state index contributed by atoms with van der Waals surface area (Å²) >= 11 is 7.94. The van der Waals surface area contributed by atoms with Gasteiger partial charge in [0, 0.05) is 23.8 Å². The minimum atomic E-state index is -0.303. The van der Waals surface area contributed by atoms with Gasteiger partial charge in [0.25, 0.3) is 0 Å². The van der Waals surface area contributed by atoms with Gasteiger partial charge in [0.15, 0.2) is 28.6 Å². The highest BCUT2D eigenvalue weighted by atomic mass is 35.5. The van der Waals surface area contributed by atoms with Gasteiger partial charge in [0.05, 0.1) is 5.52 Å². The van der Waals surface area contributed by atoms with Crippen LogP contribution in [-0.4, -0.2) is 26.4 Å². The average Bonchev–Trinajstić information content (AvgIpc) is 3.12. The molecule has 1 aliphatic heterocycles. The Morgan fingerprint density at radius 3 is 2.79 bits per heavy atom. The van der Waals surface area contributed by atoms with Crippen LogP contribution in [0, 0.1) is 0 Å². The van der Waals surface area contributed by atoms with E-state index in [9.17, 15) is 0 Å². The largest absolute Gasteiger partial charge is 0.485 e. The zero-order chi connectivity index (χ0) is 19.8. The van der Waals surface area contributed by atoms with Gasteiger partial charge in [0.1, 0.15) is 11.8 Å². The predicted octanol–water partition coefficient (Wildman–Crippen LogP) is 4.82. The molecule has 4 aromatic rings. The maximum absolute atomic E-state index is 6.38. The molecule has 0 fully saturated rings. The molecule has 2 aromatic carbocycles. The molecule has 1 unspecified atom stereocenters. The first-order valence-electron chi connectivity index (χ1n) is 9.14. The maximum atomic E-state index is 6.38. The van der Waals surface area contributed by atoms with Crippen molar-refractivity contribution in [2.75, 3.05) is 6.61 Å². The Hall–Kier alpha value is -2.77. The molecule has 29 heavy (non-hydrogen) atoms. The molecule has 8 heteroatoms. The van der Waals surface area contributed by atoms with E-state index in [1.165, 1.54) is 0 Å². The number of rotatable bonds is 4. The molecule has 0 saturated carbocycles. The summed E-state index contributed by atoms with van der Waals surface area (Å²) in [6, 6.07) is 17.6. The summed E-state index contributed by atoms with van der Waals surface area (Å²) in [7, 11) is 1.93. The van der Waals surface area contributed by atoms with E-state index < -0.39 is 0 Å². The van der Waals surface area contributed by atoms with Crippen LogP contribution < -0.4 is 9.47 Å². The highest BCUT2D eigenvalue weighted by Gasteiger charge is 2.27. The summed E-state index contributed by atoms with van der Waals surface area (Å²) in [5.41, 5.74) is 1.85. The Morgan fingerprint density at radius 2 is 1.90 bits per heavy atom. The monoisotopic (exact) mass is 424 g/mol. The van der Waals surface area contributed by atoms with Gasteiger partial charge in [-0.3, -0.25) is 0 Å². The SMILES string of the molecule is Cn1c(SCc2cc3ccccc3nc2Cl)nnc1C1COc2ccccc2O1. The molecular weight excluding hydrogens is 408 g/mol. The molecule has 1 atom stereocenters. The van der Waals surface area contributed by atoms with Crippen molar-refractivity contribution in [1.29, 1.82) is 0 Å². The highest BCUT2D eigenvalue weighted by Crippen LogP contribution is 2.36. The van der Waals surface area contributed by atoms with Crippen LogP contribution in [0.1, 0.15) is 17.5 Å². The van der Waals surface area contributed by atoms with Gasteiger partial charge in [0.2, 0.25) is 0 Å². The number of hydrogen-bond acceptors (Lipinski definition) is 6. The lowest BCUT2D eigenvalue weighted by Crippen LogP contribution is -2.24. The van der Waals surface area contributed by atoms with Gasteiger partial charge in [-0.15, -0.1) is 10.2 Å². The molecule has 146 valence electrons. The molecule has 0 bridgehead atoms. The molecule has 0 radical (unpaired) electrons. The average molecular weight is 425 g/mol. The standard InChI is InChI=1S/C21H17ClN4O2S/c1-26-20(18-11-27-16-8-4-5-9-17(16)28-18)24-25-21(26)29-12-14-10-13-6-2-3-7-15(13)23-19(14)22/h2-10,18H,11-12H2,1H3. The lowest BCUT2D eigenvalue weighted by atomic mass is 10.2. The van der Waals surface area contributed by atoms with Crippen molar-refractivity contribution in [2.24, 2.45) is 7.05 Å². The van der Waals surface area contributed by atoms with Gasteiger partial charge in [-0.05, 0) is 24.3 Å². The maximum Gasteiger partial charge on any atom is 0.192 e. The summed E-state index contributed by atoms with van der Waals surface area (Å²) in [6.07, 6.45) is -0.303. The number of para-hydroxylation sites is 3. The van der Waals surface area contributed by atoms with Crippen LogP contribution in [0.4, 0.5) is 0 Å². The van der Waals surface area contributed by atoms with Crippen molar-refractivity contribution < 1.29 is 9.47 Å². The third kappa shape index (κ3) is 3.52. The smallest absolute Gasteiger partial charge is 0.192 e. The Kier molecular flexibility index (Phi) is 4.77. The number of hydrogen-bond donors (Lipinski definition) is 0. The fourth-order valence-corrected chi connectivity index (χ4v) is 4.44. The van der Waals surface area contributed by atoms with E-state index in [0.717, 1.165) is 38.9 Å². The number of thioether (sulfide) groups is 1. The molecule has 2 aromatic heterocycles. The molecule has 0 amide bonds. The molecule has 5 rings (SSSR count). The van der Waals surface area contributed by atoms with Crippen LogP contribution in [-0.2, 0) is 12.8 Å². The van der Waals surface area contributed by atoms with Crippen LogP contribution in [0.25, 0.3) is 10.9 Å². The molecule has 0 N–H and O–H groups in total. The summed E-state index contributed by atoms with van der Waals surface area (Å²) < 4.78 is 13.8. The Balaban J connectivity index is 1.34. The van der Waals surface area contributed by atoms with E-state index in [0.29, 0.717) is 17.5 Å². The lowest BCUT2D eigenvalue weighted by Gasteiger charge is -2.25. The Morgan fingerprint density at radius 1 is 1.10 bits per heavy atom. The number of fused-ring (bicyclic) bond motifs is 2. The fraction of sp³-hybridized carbons (Fsp3) is 0.190. The summed E-state index contributed by atoms with van der Waals surface area (Å²) in [6.45, 7) is 0.397. The first kappa shape index (κ1) is 18.3. The highest BCUT2D eigenvalue weighted by molar-refractivity contribution is 7.98. The van der Waals surface area contributed by atoms with Crippen molar-refractivity contribution in [3.8, 4) is 11.5 Å². The minimum absolute atomic E-state index is 0.303. The van der Waals surface area contributed by atoms with Crippen LogP contribution in [0.5, 0.6) is 11.5 Å². The Labute approximate surface area is 176 Å². The van der Waals surface area contributed by atoms with Crippen LogP contribution in [0.15, 0.2) is 59.8 Å². The zero-order valence-corrected chi connectivity index (χ0v) is 17.2. The summed E-state index contributed by atoms with van der Waals surface area (Å²) in [5, 5.41) is 11.0. The molecule has 0 saturated heterocycles. The van der Waals surface area contributed by atoms with E-state index in [-0.39, 0.29) is 6.10 Å². The van der Waals surface area contributed by atoms with Crippen molar-refractivity contribution in [2.45, 2.75) is 17.0 Å². The number of aromatic nitrogens is 4. The van der Waals surface area contributed by atoms with Crippen LogP contribution >= 0.6 is 23.4 Å². The number of halogens is 1. The van der Waals surface area contributed by atoms with Gasteiger partial charge < -0.3 is 14.0 Å². The summed E-state index contributed by atoms with van der Waals surface area (Å²) in [4.78, 5) is 4.48. The lowest BCUT2D eigenvalue weighted by molar-refractivity contribution is 0.0825. The second-order valence-corrected chi connectivity index (χ2v) is 7.98. The third-order valence-electron chi connectivity index (χ3n) is 4.77. The van der Waals surface area contributed by atoms with Crippen LogP contribution in [0.3, 0.4) is 0 Å². The first-order valence-corrected chi connectivity index (χ1v) is 10.5. The zero-order valence-electron chi connectivity index (χ0n) is 15.6. The molecule has 6 nitrogen and oxygen atoms in total. The van der Waals surface area contributed by atoms with Gasteiger partial charge in [-0.2, -0.15) is 0 Å². The van der Waals surface area contributed by atoms with Gasteiger partial charge >= 0.3 is 0 Å². The van der Waals surface area contributed by atoms with Gasteiger partial charge in [-0.1, -0.05) is 53.7 Å². The second kappa shape index (κ2) is 7.57. The van der Waals surface area contributed by atoms with E-state index in [2.05, 4.69) is 21.2 Å². The van der Waals surface area contributed by atoms with E-state index >= 15 is 0 Å². The van der Waals surface area contributed by atoms with E-state index in [1.54, 1.807) is 11.8 Å². The minimum Gasteiger partial charge on any atom is -0.485 e. The Bertz CT molecular complexity index is 1200. The van der Waals surface area contributed by atoms with E-state index in [4.69, 9.17) is 21.1 Å². The van der Waals surface area contributed by atoms with Crippen LogP contribution in [0.2, 0.25) is 5.15 Å². The molecule has 3 heterocycles. The molecular formula is C21H17ClN4O2S.